The van der Waals surface area contributed by atoms with Crippen LogP contribution in [0.25, 0.3) is 0 Å². The Morgan fingerprint density at radius 3 is 2.47 bits per heavy atom. The lowest BCUT2D eigenvalue weighted by Gasteiger charge is -2.56. The van der Waals surface area contributed by atoms with Crippen molar-refractivity contribution in [2.24, 2.45) is 52.3 Å². The molecule has 4 heteroatoms. The van der Waals surface area contributed by atoms with Crippen molar-refractivity contribution < 1.29 is 9.59 Å². The molecule has 0 aromatic carbocycles. The average Bonchev–Trinajstić information content (AvgIpc) is 3.23. The Hall–Kier alpha value is -1.58. The zero-order valence-electron chi connectivity index (χ0n) is 23.8. The second-order valence-corrected chi connectivity index (χ2v) is 13.3. The first-order chi connectivity index (χ1) is 17.2. The summed E-state index contributed by atoms with van der Waals surface area (Å²) in [5, 5.41) is 0. The first kappa shape index (κ1) is 27.5. The van der Waals surface area contributed by atoms with E-state index in [2.05, 4.69) is 46.5 Å². The summed E-state index contributed by atoms with van der Waals surface area (Å²) in [6, 6.07) is 0. The molecule has 3 aliphatic rings. The Morgan fingerprint density at radius 2 is 1.83 bits per heavy atom. The van der Waals surface area contributed by atoms with E-state index in [0.717, 1.165) is 49.0 Å². The van der Waals surface area contributed by atoms with Gasteiger partial charge in [0.2, 0.25) is 0 Å². The first-order valence-electron chi connectivity index (χ1n) is 15.0. The Labute approximate surface area is 219 Å². The van der Waals surface area contributed by atoms with Crippen molar-refractivity contribution in [2.75, 3.05) is 0 Å². The van der Waals surface area contributed by atoms with E-state index in [1.807, 2.05) is 6.20 Å². The van der Waals surface area contributed by atoms with Crippen LogP contribution in [0.3, 0.4) is 0 Å². The number of carbonyl (C=O) groups excluding carboxylic acids is 2. The van der Waals surface area contributed by atoms with E-state index in [1.165, 1.54) is 56.7 Å². The predicted octanol–water partition coefficient (Wildman–Crippen LogP) is 7.07. The average molecular weight is 495 g/mol. The number of aryl methyl sites for hydroxylation is 1. The van der Waals surface area contributed by atoms with Gasteiger partial charge in [0.05, 0.1) is 0 Å². The standard InChI is InChI=1S/C32H50N2O2/c1-7-30-33-18-23-17-32(8-2,24(19-35)16-29(23)34-30)28-14-15-31(6)26(12-13-27(31)25(28)20-36)22(5)11-9-10-21(3)4/h18-22,24-28H,7-17H2,1-6H3/t22-,24-,25+,26-,27+,28+,31-,32+/m1/s1. The van der Waals surface area contributed by atoms with Crippen molar-refractivity contribution in [3.63, 3.8) is 0 Å². The van der Waals surface area contributed by atoms with E-state index in [0.29, 0.717) is 18.3 Å². The fourth-order valence-corrected chi connectivity index (χ4v) is 9.19. The number of rotatable bonds is 10. The second-order valence-electron chi connectivity index (χ2n) is 13.3. The normalized spacial score (nSPS) is 36.8. The summed E-state index contributed by atoms with van der Waals surface area (Å²) in [6.45, 7) is 13.9. The molecule has 0 N–H and O–H groups in total. The first-order valence-corrected chi connectivity index (χ1v) is 15.0. The Balaban J connectivity index is 1.60. The van der Waals surface area contributed by atoms with Gasteiger partial charge in [-0.2, -0.15) is 0 Å². The number of nitrogens with zero attached hydrogens (tertiary/aromatic N) is 2. The third kappa shape index (κ3) is 4.71. The topological polar surface area (TPSA) is 59.9 Å². The van der Waals surface area contributed by atoms with Crippen molar-refractivity contribution in [3.05, 3.63) is 23.3 Å². The van der Waals surface area contributed by atoms with Crippen molar-refractivity contribution in [3.8, 4) is 0 Å². The molecular weight excluding hydrogens is 444 g/mol. The van der Waals surface area contributed by atoms with Crippen LogP contribution in [0.4, 0.5) is 0 Å². The smallest absolute Gasteiger partial charge is 0.128 e. The number of aldehydes is 2. The van der Waals surface area contributed by atoms with Crippen LogP contribution in [0.15, 0.2) is 6.20 Å². The molecule has 0 saturated heterocycles. The SMILES string of the molecule is CCc1ncc2c(n1)C[C@H](C=O)[C@@](CC)([C@H]1CC[C@]3(C)[C@@H]([C@H](C)CCCC(C)C)CC[C@H]3[C@@H]1C=O)C2. The Kier molecular flexibility index (Phi) is 8.42. The lowest BCUT2D eigenvalue weighted by atomic mass is 9.47. The molecule has 1 heterocycles. The van der Waals surface area contributed by atoms with Gasteiger partial charge in [0.15, 0.2) is 0 Å². The lowest BCUT2D eigenvalue weighted by molar-refractivity contribution is -0.135. The molecule has 1 aromatic rings. The molecule has 4 rings (SSSR count). The second kappa shape index (κ2) is 11.0. The highest BCUT2D eigenvalue weighted by Crippen LogP contribution is 2.65. The molecule has 3 aliphatic carbocycles. The minimum Gasteiger partial charge on any atom is -0.303 e. The number of hydrogen-bond donors (Lipinski definition) is 0. The summed E-state index contributed by atoms with van der Waals surface area (Å²) in [5.74, 6) is 3.76. The molecule has 0 bridgehead atoms. The molecule has 1 aromatic heterocycles. The summed E-state index contributed by atoms with van der Waals surface area (Å²) >= 11 is 0. The summed E-state index contributed by atoms with van der Waals surface area (Å²) in [5.41, 5.74) is 2.34. The van der Waals surface area contributed by atoms with Gasteiger partial charge in [-0.15, -0.1) is 0 Å². The Bertz CT molecular complexity index is 929. The predicted molar refractivity (Wildman–Crippen MR) is 146 cm³/mol. The molecule has 0 unspecified atom stereocenters. The van der Waals surface area contributed by atoms with E-state index in [9.17, 15) is 9.59 Å². The van der Waals surface area contributed by atoms with Crippen molar-refractivity contribution in [1.82, 2.24) is 9.97 Å². The maximum atomic E-state index is 12.9. The third-order valence-electron chi connectivity index (χ3n) is 11.2. The molecule has 36 heavy (non-hydrogen) atoms. The molecule has 200 valence electrons. The van der Waals surface area contributed by atoms with Crippen molar-refractivity contribution >= 4 is 12.6 Å². The van der Waals surface area contributed by atoms with Crippen LogP contribution in [0, 0.1) is 52.3 Å². The van der Waals surface area contributed by atoms with E-state index < -0.39 is 0 Å². The van der Waals surface area contributed by atoms with Crippen molar-refractivity contribution in [1.29, 1.82) is 0 Å². The van der Waals surface area contributed by atoms with Crippen LogP contribution >= 0.6 is 0 Å². The van der Waals surface area contributed by atoms with Gasteiger partial charge in [0.25, 0.3) is 0 Å². The molecule has 2 saturated carbocycles. The van der Waals surface area contributed by atoms with Crippen LogP contribution in [0.1, 0.15) is 110 Å². The minimum absolute atomic E-state index is 0.0522. The number of hydrogen-bond acceptors (Lipinski definition) is 4. The van der Waals surface area contributed by atoms with E-state index in [1.54, 1.807) is 0 Å². The van der Waals surface area contributed by atoms with Gasteiger partial charge in [0.1, 0.15) is 18.4 Å². The highest BCUT2D eigenvalue weighted by Gasteiger charge is 2.60. The fraction of sp³-hybridized carbons (Fsp3) is 0.812. The van der Waals surface area contributed by atoms with E-state index in [-0.39, 0.29) is 28.6 Å². The van der Waals surface area contributed by atoms with Crippen LogP contribution in [0.5, 0.6) is 0 Å². The molecular formula is C32H50N2O2. The maximum absolute atomic E-state index is 12.9. The monoisotopic (exact) mass is 494 g/mol. The van der Waals surface area contributed by atoms with Crippen LogP contribution in [-0.2, 0) is 28.9 Å². The summed E-state index contributed by atoms with van der Waals surface area (Å²) in [7, 11) is 0. The van der Waals surface area contributed by atoms with Crippen LogP contribution in [-0.4, -0.2) is 22.5 Å². The molecule has 4 nitrogen and oxygen atoms in total. The van der Waals surface area contributed by atoms with Gasteiger partial charge in [-0.3, -0.25) is 0 Å². The minimum atomic E-state index is -0.167. The van der Waals surface area contributed by atoms with Gasteiger partial charge in [-0.05, 0) is 84.5 Å². The summed E-state index contributed by atoms with van der Waals surface area (Å²) in [4.78, 5) is 34.9. The van der Waals surface area contributed by atoms with E-state index in [4.69, 9.17) is 4.98 Å². The third-order valence-corrected chi connectivity index (χ3v) is 11.2. The van der Waals surface area contributed by atoms with Gasteiger partial charge in [0, 0.05) is 36.6 Å². The molecule has 0 amide bonds. The van der Waals surface area contributed by atoms with Gasteiger partial charge in [-0.1, -0.05) is 60.8 Å². The van der Waals surface area contributed by atoms with Gasteiger partial charge in [-0.25, -0.2) is 9.97 Å². The highest BCUT2D eigenvalue weighted by atomic mass is 16.1. The molecule has 0 radical (unpaired) electrons. The zero-order chi connectivity index (χ0) is 26.1. The Morgan fingerprint density at radius 1 is 1.06 bits per heavy atom. The molecule has 0 aliphatic heterocycles. The number of aromatic nitrogens is 2. The fourth-order valence-electron chi connectivity index (χ4n) is 9.19. The highest BCUT2D eigenvalue weighted by molar-refractivity contribution is 5.60. The molecule has 0 spiro atoms. The quantitative estimate of drug-likeness (QED) is 0.326. The van der Waals surface area contributed by atoms with Crippen LogP contribution < -0.4 is 0 Å². The summed E-state index contributed by atoms with van der Waals surface area (Å²) < 4.78 is 0. The number of fused-ring (bicyclic) bond motifs is 2. The molecule has 2 fully saturated rings. The maximum Gasteiger partial charge on any atom is 0.128 e. The van der Waals surface area contributed by atoms with Crippen molar-refractivity contribution in [2.45, 2.75) is 112 Å². The number of carbonyl (C=O) groups is 2. The molecule has 8 atom stereocenters. The lowest BCUT2D eigenvalue weighted by Crippen LogP contribution is -2.53. The van der Waals surface area contributed by atoms with E-state index >= 15 is 0 Å². The largest absolute Gasteiger partial charge is 0.303 e. The van der Waals surface area contributed by atoms with Gasteiger partial charge >= 0.3 is 0 Å². The zero-order valence-corrected chi connectivity index (χ0v) is 23.8. The van der Waals surface area contributed by atoms with Gasteiger partial charge < -0.3 is 9.59 Å². The van der Waals surface area contributed by atoms with Crippen LogP contribution in [0.2, 0.25) is 0 Å². The summed E-state index contributed by atoms with van der Waals surface area (Å²) in [6.07, 6.45) is 16.4.